The van der Waals surface area contributed by atoms with Gasteiger partial charge < -0.3 is 4.57 Å². The van der Waals surface area contributed by atoms with Crippen molar-refractivity contribution in [2.75, 3.05) is 0 Å². The molecule has 0 saturated carbocycles. The van der Waals surface area contributed by atoms with Gasteiger partial charge in [-0.2, -0.15) is 0 Å². The van der Waals surface area contributed by atoms with Crippen molar-refractivity contribution >= 4 is 23.0 Å². The Morgan fingerprint density at radius 1 is 1.16 bits per heavy atom. The van der Waals surface area contributed by atoms with Crippen LogP contribution in [-0.4, -0.2) is 20.7 Å². The number of para-hydroxylation sites is 2. The van der Waals surface area contributed by atoms with Crippen LogP contribution < -0.4 is 5.48 Å². The van der Waals surface area contributed by atoms with Crippen LogP contribution in [0, 0.1) is 0 Å². The van der Waals surface area contributed by atoms with Gasteiger partial charge in [-0.05, 0) is 50.6 Å². The number of imidazole rings is 1. The molecule has 0 saturated heterocycles. The SMILES string of the molecule is CC(C)(C)n1c(-c2cccc(C=CC(=O)NO)c2)nc2ccccc21. The molecule has 0 bridgehead atoms. The first kappa shape index (κ1) is 16.9. The zero-order valence-electron chi connectivity index (χ0n) is 14.5. The van der Waals surface area contributed by atoms with Gasteiger partial charge in [-0.3, -0.25) is 10.0 Å². The predicted octanol–water partition coefficient (Wildman–Crippen LogP) is 3.98. The quantitative estimate of drug-likeness (QED) is 0.432. The molecule has 0 atom stereocenters. The van der Waals surface area contributed by atoms with E-state index in [2.05, 4.69) is 31.4 Å². The molecule has 25 heavy (non-hydrogen) atoms. The molecule has 5 heteroatoms. The maximum atomic E-state index is 11.2. The second-order valence-corrected chi connectivity index (χ2v) is 6.87. The maximum Gasteiger partial charge on any atom is 0.267 e. The average Bonchev–Trinajstić information content (AvgIpc) is 2.99. The first-order chi connectivity index (χ1) is 11.9. The number of hydrogen-bond donors (Lipinski definition) is 2. The Morgan fingerprint density at radius 3 is 2.64 bits per heavy atom. The molecule has 3 aromatic rings. The van der Waals surface area contributed by atoms with Gasteiger partial charge in [0, 0.05) is 17.2 Å². The number of nitrogens with one attached hydrogen (secondary N) is 1. The molecular formula is C20H21N3O2. The summed E-state index contributed by atoms with van der Waals surface area (Å²) in [5.74, 6) is 0.322. The van der Waals surface area contributed by atoms with Gasteiger partial charge in [0.2, 0.25) is 0 Å². The van der Waals surface area contributed by atoms with Crippen molar-refractivity contribution in [3.8, 4) is 11.4 Å². The highest BCUT2D eigenvalue weighted by Crippen LogP contribution is 2.31. The molecule has 1 aromatic heterocycles. The van der Waals surface area contributed by atoms with Gasteiger partial charge in [0.1, 0.15) is 5.82 Å². The lowest BCUT2D eigenvalue weighted by Gasteiger charge is -2.24. The Bertz CT molecular complexity index is 949. The average molecular weight is 335 g/mol. The van der Waals surface area contributed by atoms with Gasteiger partial charge in [0.15, 0.2) is 0 Å². The molecule has 2 aromatic carbocycles. The molecule has 0 spiro atoms. The van der Waals surface area contributed by atoms with Crippen molar-refractivity contribution in [3.05, 3.63) is 60.2 Å². The Hall–Kier alpha value is -2.92. The molecular weight excluding hydrogens is 314 g/mol. The van der Waals surface area contributed by atoms with Crippen molar-refractivity contribution < 1.29 is 10.0 Å². The maximum absolute atomic E-state index is 11.2. The van der Waals surface area contributed by atoms with E-state index < -0.39 is 5.91 Å². The van der Waals surface area contributed by atoms with E-state index in [1.54, 1.807) is 11.6 Å². The lowest BCUT2D eigenvalue weighted by atomic mass is 10.1. The third-order valence-electron chi connectivity index (χ3n) is 3.91. The summed E-state index contributed by atoms with van der Waals surface area (Å²) < 4.78 is 2.23. The van der Waals surface area contributed by atoms with E-state index in [9.17, 15) is 4.79 Å². The number of fused-ring (bicyclic) bond motifs is 1. The van der Waals surface area contributed by atoms with E-state index in [1.165, 1.54) is 6.08 Å². The highest BCUT2D eigenvalue weighted by molar-refractivity contribution is 5.91. The van der Waals surface area contributed by atoms with E-state index in [0.29, 0.717) is 0 Å². The van der Waals surface area contributed by atoms with Crippen LogP contribution in [0.1, 0.15) is 26.3 Å². The summed E-state index contributed by atoms with van der Waals surface area (Å²) in [7, 11) is 0. The number of aromatic nitrogens is 2. The molecule has 1 amide bonds. The largest absolute Gasteiger partial charge is 0.319 e. The molecule has 0 aliphatic carbocycles. The van der Waals surface area contributed by atoms with Gasteiger partial charge in [-0.1, -0.05) is 30.3 Å². The minimum Gasteiger partial charge on any atom is -0.319 e. The summed E-state index contributed by atoms with van der Waals surface area (Å²) in [6, 6.07) is 15.9. The van der Waals surface area contributed by atoms with Crippen LogP contribution in [0.4, 0.5) is 0 Å². The molecule has 0 aliphatic heterocycles. The van der Waals surface area contributed by atoms with Crippen LogP contribution in [0.25, 0.3) is 28.5 Å². The molecule has 2 N–H and O–H groups in total. The lowest BCUT2D eigenvalue weighted by Crippen LogP contribution is -2.22. The van der Waals surface area contributed by atoms with Crippen molar-refractivity contribution in [2.24, 2.45) is 0 Å². The highest BCUT2D eigenvalue weighted by atomic mass is 16.5. The fourth-order valence-corrected chi connectivity index (χ4v) is 2.89. The van der Waals surface area contributed by atoms with Crippen LogP contribution in [0.3, 0.4) is 0 Å². The summed E-state index contributed by atoms with van der Waals surface area (Å²) in [5, 5.41) is 8.59. The first-order valence-electron chi connectivity index (χ1n) is 8.11. The Morgan fingerprint density at radius 2 is 1.92 bits per heavy atom. The number of carbonyl (C=O) groups excluding carboxylic acids is 1. The van der Waals surface area contributed by atoms with Gasteiger partial charge in [0.05, 0.1) is 11.0 Å². The molecule has 0 fully saturated rings. The molecule has 0 radical (unpaired) electrons. The molecule has 0 unspecified atom stereocenters. The number of rotatable bonds is 3. The summed E-state index contributed by atoms with van der Waals surface area (Å²) >= 11 is 0. The van der Waals surface area contributed by atoms with Gasteiger partial charge >= 0.3 is 0 Å². The first-order valence-corrected chi connectivity index (χ1v) is 8.11. The van der Waals surface area contributed by atoms with Crippen LogP contribution in [-0.2, 0) is 10.3 Å². The van der Waals surface area contributed by atoms with E-state index in [-0.39, 0.29) is 5.54 Å². The standard InChI is InChI=1S/C20H21N3O2/c1-20(2,3)23-17-10-5-4-9-16(17)21-19(23)15-8-6-7-14(13-15)11-12-18(24)22-25/h4-13,25H,1-3H3,(H,22,24). The van der Waals surface area contributed by atoms with Crippen LogP contribution >= 0.6 is 0 Å². The number of hydroxylamine groups is 1. The van der Waals surface area contributed by atoms with Crippen molar-refractivity contribution in [3.63, 3.8) is 0 Å². The highest BCUT2D eigenvalue weighted by Gasteiger charge is 2.22. The second-order valence-electron chi connectivity index (χ2n) is 6.87. The topological polar surface area (TPSA) is 67.2 Å². The summed E-state index contributed by atoms with van der Waals surface area (Å²) in [4.78, 5) is 16.0. The van der Waals surface area contributed by atoms with Crippen LogP contribution in [0.5, 0.6) is 0 Å². The number of nitrogens with zero attached hydrogens (tertiary/aromatic N) is 2. The van der Waals surface area contributed by atoms with Crippen LogP contribution in [0.15, 0.2) is 54.6 Å². The molecule has 0 aliphatic rings. The third kappa shape index (κ3) is 3.46. The van der Waals surface area contributed by atoms with E-state index in [1.807, 2.05) is 42.5 Å². The van der Waals surface area contributed by atoms with E-state index in [4.69, 9.17) is 10.2 Å². The number of hydrogen-bond acceptors (Lipinski definition) is 3. The fourth-order valence-electron chi connectivity index (χ4n) is 2.89. The summed E-state index contributed by atoms with van der Waals surface area (Å²) in [6.07, 6.45) is 2.94. The minimum absolute atomic E-state index is 0.131. The third-order valence-corrected chi connectivity index (χ3v) is 3.91. The number of benzene rings is 2. The Labute approximate surface area is 146 Å². The van der Waals surface area contributed by atoms with Gasteiger partial charge in [-0.25, -0.2) is 10.5 Å². The minimum atomic E-state index is -0.563. The van der Waals surface area contributed by atoms with E-state index >= 15 is 0 Å². The number of amides is 1. The van der Waals surface area contributed by atoms with E-state index in [0.717, 1.165) is 28.0 Å². The van der Waals surface area contributed by atoms with Crippen molar-refractivity contribution in [1.82, 2.24) is 15.0 Å². The smallest absolute Gasteiger partial charge is 0.267 e. The fraction of sp³-hybridized carbons (Fsp3) is 0.200. The van der Waals surface area contributed by atoms with Gasteiger partial charge in [0.25, 0.3) is 5.91 Å². The molecule has 3 rings (SSSR count). The predicted molar refractivity (Wildman–Crippen MR) is 99.1 cm³/mol. The monoisotopic (exact) mass is 335 g/mol. The van der Waals surface area contributed by atoms with Crippen molar-refractivity contribution in [2.45, 2.75) is 26.3 Å². The molecule has 1 heterocycles. The van der Waals surface area contributed by atoms with Gasteiger partial charge in [-0.15, -0.1) is 0 Å². The second kappa shape index (κ2) is 6.53. The summed E-state index contributed by atoms with van der Waals surface area (Å²) in [6.45, 7) is 6.46. The summed E-state index contributed by atoms with van der Waals surface area (Å²) in [5.41, 5.74) is 5.32. The Balaban J connectivity index is 2.14. The Kier molecular flexibility index (Phi) is 4.42. The zero-order chi connectivity index (χ0) is 18.0. The normalized spacial score (nSPS) is 12.0. The molecule has 128 valence electrons. The van der Waals surface area contributed by atoms with Crippen molar-refractivity contribution in [1.29, 1.82) is 0 Å². The lowest BCUT2D eigenvalue weighted by molar-refractivity contribution is -0.124. The molecule has 5 nitrogen and oxygen atoms in total. The zero-order valence-corrected chi connectivity index (χ0v) is 14.5. The number of carbonyl (C=O) groups is 1. The van der Waals surface area contributed by atoms with Crippen LogP contribution in [0.2, 0.25) is 0 Å².